The molecule has 0 aliphatic heterocycles. The van der Waals surface area contributed by atoms with Crippen molar-refractivity contribution < 1.29 is 9.00 Å². The quantitative estimate of drug-likeness (QED) is 0.787. The van der Waals surface area contributed by atoms with Crippen LogP contribution in [0.4, 0.5) is 0 Å². The van der Waals surface area contributed by atoms with Gasteiger partial charge in [-0.2, -0.15) is 0 Å². The van der Waals surface area contributed by atoms with Gasteiger partial charge in [0.2, 0.25) is 5.91 Å². The Bertz CT molecular complexity index is 432. The molecule has 0 spiro atoms. The van der Waals surface area contributed by atoms with E-state index < -0.39 is 10.8 Å². The second-order valence-electron chi connectivity index (χ2n) is 4.66. The minimum absolute atomic E-state index is 0.0169. The molecule has 0 aliphatic rings. The van der Waals surface area contributed by atoms with Gasteiger partial charge in [-0.15, -0.1) is 0 Å². The van der Waals surface area contributed by atoms with Gasteiger partial charge in [-0.1, -0.05) is 25.4 Å². The summed E-state index contributed by atoms with van der Waals surface area (Å²) in [5.74, 6) is 0.696. The van der Waals surface area contributed by atoms with E-state index in [1.807, 2.05) is 13.8 Å². The van der Waals surface area contributed by atoms with Crippen molar-refractivity contribution in [3.05, 3.63) is 29.3 Å². The average molecular weight is 302 g/mol. The van der Waals surface area contributed by atoms with E-state index in [9.17, 15) is 9.00 Å². The van der Waals surface area contributed by atoms with Crippen LogP contribution in [0.1, 0.15) is 26.7 Å². The molecule has 0 aromatic heterocycles. The molecular weight excluding hydrogens is 282 g/mol. The fourth-order valence-corrected chi connectivity index (χ4v) is 2.75. The Morgan fingerprint density at radius 1 is 1.26 bits per heavy atom. The van der Waals surface area contributed by atoms with Gasteiger partial charge in [0.05, 0.1) is 10.8 Å². The molecule has 0 bridgehead atoms. The molecule has 1 N–H and O–H groups in total. The monoisotopic (exact) mass is 301 g/mol. The number of carbonyl (C=O) groups excluding carboxylic acids is 1. The van der Waals surface area contributed by atoms with Gasteiger partial charge >= 0.3 is 0 Å². The zero-order valence-corrected chi connectivity index (χ0v) is 12.9. The van der Waals surface area contributed by atoms with E-state index in [0.717, 1.165) is 17.7 Å². The normalized spacial score (nSPS) is 12.4. The van der Waals surface area contributed by atoms with Crippen molar-refractivity contribution >= 4 is 28.3 Å². The first kappa shape index (κ1) is 16.2. The predicted octanol–water partition coefficient (Wildman–Crippen LogP) is 3.00. The third kappa shape index (κ3) is 6.21. The number of nitrogens with one attached hydrogen (secondary N) is 1. The first-order chi connectivity index (χ1) is 9.00. The Morgan fingerprint density at radius 3 is 2.47 bits per heavy atom. The van der Waals surface area contributed by atoms with Gasteiger partial charge in [-0.25, -0.2) is 0 Å². The molecule has 1 atom stereocenters. The van der Waals surface area contributed by atoms with Crippen LogP contribution < -0.4 is 5.32 Å². The first-order valence-corrected chi connectivity index (χ1v) is 8.12. The fourth-order valence-electron chi connectivity index (χ4n) is 1.48. The molecule has 0 aliphatic carbocycles. The van der Waals surface area contributed by atoms with Crippen LogP contribution >= 0.6 is 11.6 Å². The van der Waals surface area contributed by atoms with Crippen LogP contribution in [0.25, 0.3) is 0 Å². The molecule has 0 fully saturated rings. The first-order valence-electron chi connectivity index (χ1n) is 6.42. The Labute approximate surface area is 122 Å². The summed E-state index contributed by atoms with van der Waals surface area (Å²) in [6, 6.07) is 7.08. The Kier molecular flexibility index (Phi) is 7.10. The third-order valence-corrected chi connectivity index (χ3v) is 4.37. The lowest BCUT2D eigenvalue weighted by molar-refractivity contribution is -0.123. The van der Waals surface area contributed by atoms with Gasteiger partial charge in [0.1, 0.15) is 0 Å². The minimum Gasteiger partial charge on any atom is -0.356 e. The number of hydrogen-bond donors (Lipinski definition) is 1. The SMILES string of the molecule is CC(C)C(=O)NCCCCS(=O)c1ccc(Cl)cc1. The lowest BCUT2D eigenvalue weighted by Gasteiger charge is -2.07. The molecular formula is C14H20ClNO2S. The lowest BCUT2D eigenvalue weighted by Crippen LogP contribution is -2.28. The van der Waals surface area contributed by atoms with E-state index in [-0.39, 0.29) is 11.8 Å². The van der Waals surface area contributed by atoms with Crippen molar-refractivity contribution in [2.24, 2.45) is 5.92 Å². The van der Waals surface area contributed by atoms with Crippen LogP contribution in [0.5, 0.6) is 0 Å². The lowest BCUT2D eigenvalue weighted by atomic mass is 10.2. The molecule has 1 rings (SSSR count). The van der Waals surface area contributed by atoms with Gasteiger partial charge in [0, 0.05) is 28.1 Å². The maximum absolute atomic E-state index is 11.9. The number of unbranched alkanes of at least 4 members (excludes halogenated alkanes) is 1. The highest BCUT2D eigenvalue weighted by atomic mass is 35.5. The third-order valence-electron chi connectivity index (χ3n) is 2.66. The molecule has 1 aromatic rings. The van der Waals surface area contributed by atoms with Crippen molar-refractivity contribution in [2.45, 2.75) is 31.6 Å². The highest BCUT2D eigenvalue weighted by Crippen LogP contribution is 2.13. The van der Waals surface area contributed by atoms with Crippen molar-refractivity contribution in [2.75, 3.05) is 12.3 Å². The van der Waals surface area contributed by atoms with Crippen molar-refractivity contribution in [3.8, 4) is 0 Å². The predicted molar refractivity (Wildman–Crippen MR) is 79.8 cm³/mol. The number of benzene rings is 1. The van der Waals surface area contributed by atoms with Crippen LogP contribution in [0.15, 0.2) is 29.2 Å². The van der Waals surface area contributed by atoms with E-state index in [0.29, 0.717) is 17.3 Å². The summed E-state index contributed by atoms with van der Waals surface area (Å²) in [6.45, 7) is 4.38. The van der Waals surface area contributed by atoms with E-state index in [4.69, 9.17) is 11.6 Å². The highest BCUT2D eigenvalue weighted by molar-refractivity contribution is 7.85. The molecule has 1 amide bonds. The van der Waals surface area contributed by atoms with Gasteiger partial charge in [0.25, 0.3) is 0 Å². The largest absolute Gasteiger partial charge is 0.356 e. The Morgan fingerprint density at radius 2 is 1.89 bits per heavy atom. The summed E-state index contributed by atoms with van der Waals surface area (Å²) in [5.41, 5.74) is 0. The topological polar surface area (TPSA) is 46.2 Å². The number of halogens is 1. The molecule has 106 valence electrons. The smallest absolute Gasteiger partial charge is 0.222 e. The van der Waals surface area contributed by atoms with Crippen LogP contribution in [0, 0.1) is 5.92 Å². The standard InChI is InChI=1S/C14H20ClNO2S/c1-11(2)14(17)16-9-3-4-10-19(18)13-7-5-12(15)6-8-13/h5-8,11H,3-4,9-10H2,1-2H3,(H,16,17). The summed E-state index contributed by atoms with van der Waals surface area (Å²) in [6.07, 6.45) is 1.67. The summed E-state index contributed by atoms with van der Waals surface area (Å²) in [5, 5.41) is 3.50. The van der Waals surface area contributed by atoms with Gasteiger partial charge in [-0.05, 0) is 37.1 Å². The summed E-state index contributed by atoms with van der Waals surface area (Å²) >= 11 is 5.78. The van der Waals surface area contributed by atoms with Gasteiger partial charge in [0.15, 0.2) is 0 Å². The molecule has 5 heteroatoms. The molecule has 1 unspecified atom stereocenters. The molecule has 3 nitrogen and oxygen atoms in total. The molecule has 19 heavy (non-hydrogen) atoms. The van der Waals surface area contributed by atoms with Crippen LogP contribution in [-0.2, 0) is 15.6 Å². The summed E-state index contributed by atoms with van der Waals surface area (Å²) in [7, 11) is -0.986. The Hall–Kier alpha value is -0.870. The van der Waals surface area contributed by atoms with Crippen molar-refractivity contribution in [3.63, 3.8) is 0 Å². The maximum atomic E-state index is 11.9. The zero-order valence-electron chi connectivity index (χ0n) is 11.3. The maximum Gasteiger partial charge on any atom is 0.222 e. The van der Waals surface area contributed by atoms with Gasteiger partial charge in [-0.3, -0.25) is 9.00 Å². The van der Waals surface area contributed by atoms with E-state index in [1.165, 1.54) is 0 Å². The second kappa shape index (κ2) is 8.33. The second-order valence-corrected chi connectivity index (χ2v) is 6.66. The summed E-state index contributed by atoms with van der Waals surface area (Å²) < 4.78 is 11.9. The number of carbonyl (C=O) groups is 1. The molecule has 0 saturated carbocycles. The summed E-state index contributed by atoms with van der Waals surface area (Å²) in [4.78, 5) is 12.1. The van der Waals surface area contributed by atoms with Gasteiger partial charge < -0.3 is 5.32 Å². The molecule has 1 aromatic carbocycles. The fraction of sp³-hybridized carbons (Fsp3) is 0.500. The highest BCUT2D eigenvalue weighted by Gasteiger charge is 2.06. The average Bonchev–Trinajstić information content (AvgIpc) is 2.38. The number of amides is 1. The number of hydrogen-bond acceptors (Lipinski definition) is 2. The number of rotatable bonds is 7. The van der Waals surface area contributed by atoms with Crippen LogP contribution in [-0.4, -0.2) is 22.4 Å². The molecule has 0 radical (unpaired) electrons. The molecule has 0 saturated heterocycles. The van der Waals surface area contributed by atoms with E-state index in [1.54, 1.807) is 24.3 Å². The van der Waals surface area contributed by atoms with Crippen LogP contribution in [0.2, 0.25) is 5.02 Å². The minimum atomic E-state index is -0.986. The van der Waals surface area contributed by atoms with Crippen molar-refractivity contribution in [1.82, 2.24) is 5.32 Å². The van der Waals surface area contributed by atoms with Crippen LogP contribution in [0.3, 0.4) is 0 Å². The molecule has 0 heterocycles. The van der Waals surface area contributed by atoms with E-state index in [2.05, 4.69) is 5.32 Å². The van der Waals surface area contributed by atoms with Crippen molar-refractivity contribution in [1.29, 1.82) is 0 Å². The van der Waals surface area contributed by atoms with E-state index >= 15 is 0 Å². The zero-order chi connectivity index (χ0) is 14.3. The Balaban J connectivity index is 2.21.